The molecular weight excluding hydrogens is 252 g/mol. The average Bonchev–Trinajstić information content (AvgIpc) is 2.37. The molecule has 0 saturated heterocycles. The van der Waals surface area contributed by atoms with E-state index in [2.05, 4.69) is 23.9 Å². The maximum absolute atomic E-state index is 5.93. The summed E-state index contributed by atoms with van der Waals surface area (Å²) in [4.78, 5) is 1.31. The van der Waals surface area contributed by atoms with E-state index in [1.54, 1.807) is 0 Å². The fourth-order valence-corrected chi connectivity index (χ4v) is 6.34. The summed E-state index contributed by atoms with van der Waals surface area (Å²) < 4.78 is 0. The molecule has 0 aromatic heterocycles. The van der Waals surface area contributed by atoms with Crippen molar-refractivity contribution in [2.24, 2.45) is 23.7 Å². The van der Waals surface area contributed by atoms with Crippen molar-refractivity contribution in [3.05, 3.63) is 18.2 Å². The lowest BCUT2D eigenvalue weighted by Gasteiger charge is -2.54. The Labute approximate surface area is 119 Å². The highest BCUT2D eigenvalue weighted by atomic mass is 32.2. The molecule has 4 saturated carbocycles. The van der Waals surface area contributed by atoms with Crippen molar-refractivity contribution in [3.63, 3.8) is 0 Å². The van der Waals surface area contributed by atoms with Crippen LogP contribution in [0.15, 0.2) is 23.1 Å². The van der Waals surface area contributed by atoms with Gasteiger partial charge in [-0.05, 0) is 74.0 Å². The fraction of sp³-hybridized carbons (Fsp3) is 0.625. The van der Waals surface area contributed by atoms with Gasteiger partial charge in [-0.15, -0.1) is 11.8 Å². The zero-order valence-electron chi connectivity index (χ0n) is 11.2. The summed E-state index contributed by atoms with van der Waals surface area (Å²) in [5, 5.41) is 0.829. The van der Waals surface area contributed by atoms with E-state index < -0.39 is 0 Å². The molecule has 0 radical (unpaired) electrons. The summed E-state index contributed by atoms with van der Waals surface area (Å²) in [6, 6.07) is 6.15. The van der Waals surface area contributed by atoms with Crippen molar-refractivity contribution in [1.29, 1.82) is 0 Å². The van der Waals surface area contributed by atoms with Crippen LogP contribution in [0.1, 0.15) is 32.1 Å². The maximum Gasteiger partial charge on any atom is 0.0559 e. The van der Waals surface area contributed by atoms with E-state index >= 15 is 0 Å². The summed E-state index contributed by atoms with van der Waals surface area (Å²) in [5.41, 5.74) is 13.2. The first-order valence-electron chi connectivity index (χ1n) is 7.50. The minimum atomic E-state index is 0.703. The van der Waals surface area contributed by atoms with E-state index in [1.165, 1.54) is 37.0 Å². The molecular formula is C16H22N2S. The summed E-state index contributed by atoms with van der Waals surface area (Å²) in [6.45, 7) is 0. The van der Waals surface area contributed by atoms with Gasteiger partial charge in [0.15, 0.2) is 0 Å². The number of anilines is 2. The molecule has 0 atom stereocenters. The Bertz CT molecular complexity index is 472. The van der Waals surface area contributed by atoms with Crippen LogP contribution in [-0.4, -0.2) is 5.25 Å². The molecule has 5 rings (SSSR count). The predicted molar refractivity (Wildman–Crippen MR) is 82.0 cm³/mol. The van der Waals surface area contributed by atoms with Gasteiger partial charge in [-0.25, -0.2) is 0 Å². The Morgan fingerprint density at radius 1 is 0.842 bits per heavy atom. The molecule has 4 bridgehead atoms. The van der Waals surface area contributed by atoms with Crippen LogP contribution in [0.4, 0.5) is 11.4 Å². The Hall–Kier alpha value is -0.830. The molecule has 0 unspecified atom stereocenters. The fourth-order valence-electron chi connectivity index (χ4n) is 4.85. The molecule has 4 aliphatic rings. The van der Waals surface area contributed by atoms with E-state index in [1.807, 2.05) is 6.07 Å². The minimum absolute atomic E-state index is 0.703. The van der Waals surface area contributed by atoms with Gasteiger partial charge in [0.25, 0.3) is 0 Å². The highest BCUT2D eigenvalue weighted by Gasteiger charge is 2.48. The van der Waals surface area contributed by atoms with Crippen LogP contribution in [0.2, 0.25) is 0 Å². The van der Waals surface area contributed by atoms with Gasteiger partial charge in [-0.3, -0.25) is 0 Å². The second-order valence-electron chi connectivity index (χ2n) is 6.80. The minimum Gasteiger partial charge on any atom is -0.397 e. The molecule has 0 amide bonds. The molecule has 1 aromatic carbocycles. The van der Waals surface area contributed by atoms with Crippen LogP contribution in [0.25, 0.3) is 0 Å². The molecule has 0 aliphatic heterocycles. The largest absolute Gasteiger partial charge is 0.397 e. The first kappa shape index (κ1) is 12.0. The Balaban J connectivity index is 1.55. The van der Waals surface area contributed by atoms with E-state index in [9.17, 15) is 0 Å². The molecule has 1 aromatic rings. The number of benzene rings is 1. The summed E-state index contributed by atoms with van der Waals surface area (Å²) in [7, 11) is 0. The highest BCUT2D eigenvalue weighted by Crippen LogP contribution is 2.58. The van der Waals surface area contributed by atoms with E-state index in [-0.39, 0.29) is 0 Å². The molecule has 0 spiro atoms. The third-order valence-corrected chi connectivity index (χ3v) is 7.04. The summed E-state index contributed by atoms with van der Waals surface area (Å²) in [6.07, 6.45) is 7.45. The zero-order valence-corrected chi connectivity index (χ0v) is 12.0. The third kappa shape index (κ3) is 2.03. The van der Waals surface area contributed by atoms with E-state index in [0.717, 1.165) is 34.6 Å². The summed E-state index contributed by atoms with van der Waals surface area (Å²) in [5.74, 6) is 4.02. The van der Waals surface area contributed by atoms with Crippen LogP contribution in [-0.2, 0) is 0 Å². The van der Waals surface area contributed by atoms with Gasteiger partial charge >= 0.3 is 0 Å². The van der Waals surface area contributed by atoms with Gasteiger partial charge in [0.1, 0.15) is 0 Å². The topological polar surface area (TPSA) is 52.0 Å². The quantitative estimate of drug-likeness (QED) is 0.807. The first-order valence-corrected chi connectivity index (χ1v) is 8.38. The Morgan fingerprint density at radius 2 is 1.47 bits per heavy atom. The molecule has 2 nitrogen and oxygen atoms in total. The van der Waals surface area contributed by atoms with Crippen LogP contribution in [0.3, 0.4) is 0 Å². The molecule has 3 heteroatoms. The number of thioether (sulfide) groups is 1. The van der Waals surface area contributed by atoms with Crippen LogP contribution < -0.4 is 11.5 Å². The second kappa shape index (κ2) is 4.34. The second-order valence-corrected chi connectivity index (χ2v) is 8.06. The van der Waals surface area contributed by atoms with Crippen LogP contribution in [0, 0.1) is 23.7 Å². The van der Waals surface area contributed by atoms with Gasteiger partial charge in [0.05, 0.1) is 11.4 Å². The van der Waals surface area contributed by atoms with Crippen LogP contribution in [0.5, 0.6) is 0 Å². The van der Waals surface area contributed by atoms with Crippen molar-refractivity contribution in [3.8, 4) is 0 Å². The lowest BCUT2D eigenvalue weighted by atomic mass is 9.56. The van der Waals surface area contributed by atoms with Gasteiger partial charge in [-0.2, -0.15) is 0 Å². The van der Waals surface area contributed by atoms with E-state index in [4.69, 9.17) is 11.5 Å². The SMILES string of the molecule is Nc1ccc(SC2C3CC4CC(C3)CC2C4)cc1N. The highest BCUT2D eigenvalue weighted by molar-refractivity contribution is 8.00. The number of nitrogens with two attached hydrogens (primary N) is 2. The number of rotatable bonds is 2. The third-order valence-electron chi connectivity index (χ3n) is 5.47. The van der Waals surface area contributed by atoms with Crippen molar-refractivity contribution < 1.29 is 0 Å². The molecule has 102 valence electrons. The summed E-state index contributed by atoms with van der Waals surface area (Å²) >= 11 is 2.07. The molecule has 4 N–H and O–H groups in total. The molecule has 19 heavy (non-hydrogen) atoms. The van der Waals surface area contributed by atoms with Crippen molar-refractivity contribution >= 4 is 23.1 Å². The van der Waals surface area contributed by atoms with Crippen molar-refractivity contribution in [2.45, 2.75) is 42.2 Å². The smallest absolute Gasteiger partial charge is 0.0559 e. The van der Waals surface area contributed by atoms with Gasteiger partial charge in [0, 0.05) is 10.1 Å². The van der Waals surface area contributed by atoms with Gasteiger partial charge in [-0.1, -0.05) is 0 Å². The standard InChI is InChI=1S/C16H22N2S/c17-14-2-1-13(8-15(14)18)19-16-11-4-9-3-10(6-11)7-12(16)5-9/h1-2,8-12,16H,3-7,17-18H2. The first-order chi connectivity index (χ1) is 9.19. The monoisotopic (exact) mass is 274 g/mol. The maximum atomic E-state index is 5.93. The average molecular weight is 274 g/mol. The molecule has 0 heterocycles. The van der Waals surface area contributed by atoms with Crippen molar-refractivity contribution in [1.82, 2.24) is 0 Å². The molecule has 4 fully saturated rings. The Morgan fingerprint density at radius 3 is 2.05 bits per heavy atom. The van der Waals surface area contributed by atoms with Crippen molar-refractivity contribution in [2.75, 3.05) is 11.5 Å². The van der Waals surface area contributed by atoms with Gasteiger partial charge in [0.2, 0.25) is 0 Å². The number of nitrogen functional groups attached to an aromatic ring is 2. The normalized spacial score (nSPS) is 39.7. The number of hydrogen-bond donors (Lipinski definition) is 2. The van der Waals surface area contributed by atoms with E-state index in [0.29, 0.717) is 5.69 Å². The predicted octanol–water partition coefficient (Wildman–Crippen LogP) is 3.77. The van der Waals surface area contributed by atoms with Gasteiger partial charge < -0.3 is 11.5 Å². The Kier molecular flexibility index (Phi) is 2.73. The molecule has 4 aliphatic carbocycles. The zero-order chi connectivity index (χ0) is 13.0. The lowest BCUT2D eigenvalue weighted by Crippen LogP contribution is -2.46. The lowest BCUT2D eigenvalue weighted by molar-refractivity contribution is 0.0267. The van der Waals surface area contributed by atoms with Crippen LogP contribution >= 0.6 is 11.8 Å². The number of hydrogen-bond acceptors (Lipinski definition) is 3.